The third-order valence-corrected chi connectivity index (χ3v) is 4.30. The molecule has 22 heavy (non-hydrogen) atoms. The summed E-state index contributed by atoms with van der Waals surface area (Å²) in [5.41, 5.74) is 1.99. The summed E-state index contributed by atoms with van der Waals surface area (Å²) in [5, 5.41) is 2.83. The minimum Gasteiger partial charge on any atom is -0.497 e. The van der Waals surface area contributed by atoms with Crippen LogP contribution in [-0.4, -0.2) is 19.6 Å². The number of rotatable bonds is 4. The van der Waals surface area contributed by atoms with Crippen LogP contribution in [0.3, 0.4) is 0 Å². The van der Waals surface area contributed by atoms with Crippen molar-refractivity contribution >= 4 is 23.2 Å². The van der Waals surface area contributed by atoms with Crippen LogP contribution in [0.4, 0.5) is 5.69 Å². The molecule has 4 nitrogen and oxygen atoms in total. The minimum atomic E-state index is -1.32. The quantitative estimate of drug-likeness (QED) is 0.878. The molecular weight excluding hydrogens is 302 g/mol. The third-order valence-electron chi connectivity index (χ3n) is 3.72. The van der Waals surface area contributed by atoms with Crippen molar-refractivity contribution in [2.24, 2.45) is 0 Å². The molecule has 0 fully saturated rings. The smallest absolute Gasteiger partial charge is 0.254 e. The molecule has 0 spiro atoms. The molecule has 0 aromatic heterocycles. The normalized spacial score (nSPS) is 19.5. The van der Waals surface area contributed by atoms with Gasteiger partial charge in [0.1, 0.15) is 11.5 Å². The first-order valence-electron chi connectivity index (χ1n) is 7.02. The standard InChI is InChI=1S/C17H16ClNO3/c1-3-22-15-7-5-4-6-12(15)17(18)13-10-11(21-2)8-9-14(13)19-16(17)20/h4-10H,3H2,1-2H3,(H,19,20). The lowest BCUT2D eigenvalue weighted by atomic mass is 9.90. The summed E-state index contributed by atoms with van der Waals surface area (Å²) < 4.78 is 10.9. The van der Waals surface area contributed by atoms with Crippen LogP contribution < -0.4 is 14.8 Å². The molecule has 2 aromatic rings. The molecule has 1 N–H and O–H groups in total. The molecule has 0 aliphatic carbocycles. The van der Waals surface area contributed by atoms with E-state index in [0.29, 0.717) is 34.9 Å². The van der Waals surface area contributed by atoms with Gasteiger partial charge in [0.05, 0.1) is 13.7 Å². The van der Waals surface area contributed by atoms with Gasteiger partial charge in [0, 0.05) is 16.8 Å². The average Bonchev–Trinajstić information content (AvgIpc) is 2.80. The molecule has 1 heterocycles. The number of amides is 1. The maximum absolute atomic E-state index is 12.6. The van der Waals surface area contributed by atoms with Crippen LogP contribution in [0.5, 0.6) is 11.5 Å². The predicted molar refractivity (Wildman–Crippen MR) is 85.9 cm³/mol. The molecule has 0 saturated heterocycles. The lowest BCUT2D eigenvalue weighted by Gasteiger charge is -2.23. The van der Waals surface area contributed by atoms with Crippen LogP contribution in [0.15, 0.2) is 42.5 Å². The van der Waals surface area contributed by atoms with E-state index in [2.05, 4.69) is 5.32 Å². The Morgan fingerprint density at radius 1 is 1.18 bits per heavy atom. The van der Waals surface area contributed by atoms with Gasteiger partial charge in [-0.2, -0.15) is 0 Å². The number of alkyl halides is 1. The second-order valence-corrected chi connectivity index (χ2v) is 5.52. The molecule has 114 valence electrons. The molecule has 1 unspecified atom stereocenters. The van der Waals surface area contributed by atoms with Gasteiger partial charge >= 0.3 is 0 Å². The number of benzene rings is 2. The van der Waals surface area contributed by atoms with Crippen molar-refractivity contribution in [1.29, 1.82) is 0 Å². The summed E-state index contributed by atoms with van der Waals surface area (Å²) in [6.07, 6.45) is 0. The number of hydrogen-bond acceptors (Lipinski definition) is 3. The molecule has 1 atom stereocenters. The van der Waals surface area contributed by atoms with Gasteiger partial charge in [-0.05, 0) is 31.2 Å². The molecule has 1 aliphatic heterocycles. The second kappa shape index (κ2) is 5.54. The average molecular weight is 318 g/mol. The third kappa shape index (κ3) is 2.11. The fourth-order valence-electron chi connectivity index (χ4n) is 2.68. The van der Waals surface area contributed by atoms with E-state index in [9.17, 15) is 4.79 Å². The lowest BCUT2D eigenvalue weighted by molar-refractivity contribution is -0.117. The van der Waals surface area contributed by atoms with E-state index in [1.54, 1.807) is 25.3 Å². The SMILES string of the molecule is CCOc1ccccc1C1(Cl)C(=O)Nc2ccc(OC)cc21. The van der Waals surface area contributed by atoms with Crippen LogP contribution >= 0.6 is 11.6 Å². The lowest BCUT2D eigenvalue weighted by Crippen LogP contribution is -2.30. The molecule has 1 aliphatic rings. The second-order valence-electron chi connectivity index (χ2n) is 4.95. The van der Waals surface area contributed by atoms with Gasteiger partial charge in [0.2, 0.25) is 0 Å². The molecule has 0 bridgehead atoms. The number of carbonyl (C=O) groups excluding carboxylic acids is 1. The Bertz CT molecular complexity index is 732. The number of hydrogen-bond donors (Lipinski definition) is 1. The van der Waals surface area contributed by atoms with E-state index < -0.39 is 4.87 Å². The maximum Gasteiger partial charge on any atom is 0.254 e. The van der Waals surface area contributed by atoms with Gasteiger partial charge in [0.25, 0.3) is 5.91 Å². The molecule has 0 saturated carbocycles. The van der Waals surface area contributed by atoms with Crippen LogP contribution in [-0.2, 0) is 9.67 Å². The number of para-hydroxylation sites is 1. The summed E-state index contributed by atoms with van der Waals surface area (Å²) in [5.74, 6) is 0.963. The number of ether oxygens (including phenoxy) is 2. The van der Waals surface area contributed by atoms with Crippen molar-refractivity contribution in [3.63, 3.8) is 0 Å². The van der Waals surface area contributed by atoms with E-state index in [0.717, 1.165) is 0 Å². The number of fused-ring (bicyclic) bond motifs is 1. The van der Waals surface area contributed by atoms with Crippen LogP contribution in [0.25, 0.3) is 0 Å². The zero-order valence-electron chi connectivity index (χ0n) is 12.4. The maximum atomic E-state index is 12.6. The van der Waals surface area contributed by atoms with E-state index in [-0.39, 0.29) is 5.91 Å². The van der Waals surface area contributed by atoms with Crippen molar-refractivity contribution in [3.05, 3.63) is 53.6 Å². The van der Waals surface area contributed by atoms with Gasteiger partial charge in [0.15, 0.2) is 4.87 Å². The predicted octanol–water partition coefficient (Wildman–Crippen LogP) is 3.53. The van der Waals surface area contributed by atoms with Gasteiger partial charge in [-0.3, -0.25) is 4.79 Å². The van der Waals surface area contributed by atoms with Crippen LogP contribution in [0.2, 0.25) is 0 Å². The van der Waals surface area contributed by atoms with Crippen molar-refractivity contribution in [2.75, 3.05) is 19.0 Å². The van der Waals surface area contributed by atoms with Crippen molar-refractivity contribution in [3.8, 4) is 11.5 Å². The van der Waals surface area contributed by atoms with Gasteiger partial charge < -0.3 is 14.8 Å². The molecule has 5 heteroatoms. The summed E-state index contributed by atoms with van der Waals surface area (Å²) in [6.45, 7) is 2.39. The van der Waals surface area contributed by atoms with E-state index >= 15 is 0 Å². The highest BCUT2D eigenvalue weighted by atomic mass is 35.5. The number of methoxy groups -OCH3 is 1. The summed E-state index contributed by atoms with van der Waals surface area (Å²) in [7, 11) is 1.58. The van der Waals surface area contributed by atoms with Gasteiger partial charge in [-0.1, -0.05) is 29.8 Å². The Balaban J connectivity index is 2.20. The molecule has 0 radical (unpaired) electrons. The molecule has 1 amide bonds. The molecular formula is C17H16ClNO3. The van der Waals surface area contributed by atoms with Crippen molar-refractivity contribution < 1.29 is 14.3 Å². The first-order chi connectivity index (χ1) is 10.6. The minimum absolute atomic E-state index is 0.287. The zero-order valence-corrected chi connectivity index (χ0v) is 13.1. The van der Waals surface area contributed by atoms with E-state index in [1.165, 1.54) is 0 Å². The zero-order chi connectivity index (χ0) is 15.7. The first-order valence-corrected chi connectivity index (χ1v) is 7.40. The van der Waals surface area contributed by atoms with Gasteiger partial charge in [-0.25, -0.2) is 0 Å². The Hall–Kier alpha value is -2.20. The van der Waals surface area contributed by atoms with Gasteiger partial charge in [-0.15, -0.1) is 0 Å². The number of carbonyl (C=O) groups is 1. The number of nitrogens with one attached hydrogen (secondary N) is 1. The Labute approximate surface area is 134 Å². The first kappa shape index (κ1) is 14.7. The summed E-state index contributed by atoms with van der Waals surface area (Å²) >= 11 is 6.80. The van der Waals surface area contributed by atoms with Crippen LogP contribution in [0.1, 0.15) is 18.1 Å². The fourth-order valence-corrected chi connectivity index (χ4v) is 3.03. The fraction of sp³-hybridized carbons (Fsp3) is 0.235. The van der Waals surface area contributed by atoms with Crippen LogP contribution in [0, 0.1) is 0 Å². The Morgan fingerprint density at radius 3 is 2.68 bits per heavy atom. The Kier molecular flexibility index (Phi) is 3.71. The van der Waals surface area contributed by atoms with E-state index in [1.807, 2.05) is 31.2 Å². The molecule has 2 aromatic carbocycles. The highest BCUT2D eigenvalue weighted by Crippen LogP contribution is 2.49. The number of halogens is 1. The van der Waals surface area contributed by atoms with E-state index in [4.69, 9.17) is 21.1 Å². The topological polar surface area (TPSA) is 47.6 Å². The largest absolute Gasteiger partial charge is 0.497 e. The molecule has 3 rings (SSSR count). The monoisotopic (exact) mass is 317 g/mol. The van der Waals surface area contributed by atoms with Crippen molar-refractivity contribution in [2.45, 2.75) is 11.8 Å². The highest BCUT2D eigenvalue weighted by Gasteiger charge is 2.48. The summed E-state index contributed by atoms with van der Waals surface area (Å²) in [6, 6.07) is 12.7. The van der Waals surface area contributed by atoms with Crippen molar-refractivity contribution in [1.82, 2.24) is 0 Å². The summed E-state index contributed by atoms with van der Waals surface area (Å²) in [4.78, 5) is 11.2. The Morgan fingerprint density at radius 2 is 1.95 bits per heavy atom. The number of anilines is 1. The highest BCUT2D eigenvalue weighted by molar-refractivity contribution is 6.41.